The van der Waals surface area contributed by atoms with Crippen LogP contribution in [0.5, 0.6) is 0 Å². The van der Waals surface area contributed by atoms with Gasteiger partial charge in [0.05, 0.1) is 0 Å². The number of hydrogen-bond acceptors (Lipinski definition) is 3. The number of benzene rings is 4. The third-order valence-electron chi connectivity index (χ3n) is 5.55. The Morgan fingerprint density at radius 3 is 2.23 bits per heavy atom. The fraction of sp³-hybridized carbons (Fsp3) is 0.103. The molecule has 2 amide bonds. The number of nitrogens with one attached hydrogen (secondary N) is 2. The van der Waals surface area contributed by atoms with Crippen molar-refractivity contribution in [3.63, 3.8) is 0 Å². The van der Waals surface area contributed by atoms with Gasteiger partial charge in [-0.2, -0.15) is 0 Å². The molecule has 4 nitrogen and oxygen atoms in total. The number of anilines is 2. The minimum atomic E-state index is -0.475. The van der Waals surface area contributed by atoms with Crippen LogP contribution >= 0.6 is 23.4 Å². The molecule has 0 aliphatic carbocycles. The monoisotopic (exact) mass is 500 g/mol. The first-order valence-corrected chi connectivity index (χ1v) is 12.4. The molecule has 0 heterocycles. The van der Waals surface area contributed by atoms with Gasteiger partial charge in [-0.15, -0.1) is 11.8 Å². The molecule has 4 aromatic rings. The second-order valence-electron chi connectivity index (χ2n) is 8.19. The molecule has 4 aromatic carbocycles. The topological polar surface area (TPSA) is 58.2 Å². The van der Waals surface area contributed by atoms with Gasteiger partial charge in [0, 0.05) is 26.9 Å². The van der Waals surface area contributed by atoms with Crippen molar-refractivity contribution < 1.29 is 9.59 Å². The van der Waals surface area contributed by atoms with E-state index >= 15 is 0 Å². The predicted octanol–water partition coefficient (Wildman–Crippen LogP) is 7.68. The number of carbonyl (C=O) groups excluding carboxylic acids is 2. The summed E-state index contributed by atoms with van der Waals surface area (Å²) >= 11 is 7.45. The lowest BCUT2D eigenvalue weighted by Crippen LogP contribution is -2.19. The first kappa shape index (κ1) is 24.6. The minimum Gasteiger partial charge on any atom is -0.325 e. The summed E-state index contributed by atoms with van der Waals surface area (Å²) in [6.07, 6.45) is 0. The predicted molar refractivity (Wildman–Crippen MR) is 145 cm³/mol. The van der Waals surface area contributed by atoms with E-state index in [9.17, 15) is 9.59 Å². The maximum absolute atomic E-state index is 13.4. The van der Waals surface area contributed by atoms with Crippen molar-refractivity contribution in [2.75, 3.05) is 10.6 Å². The molecule has 176 valence electrons. The number of rotatable bonds is 7. The molecule has 0 fully saturated rings. The molecule has 6 heteroatoms. The van der Waals surface area contributed by atoms with Crippen LogP contribution in [0.1, 0.15) is 32.3 Å². The van der Waals surface area contributed by atoms with E-state index in [2.05, 4.69) is 10.6 Å². The summed E-state index contributed by atoms with van der Waals surface area (Å²) in [6, 6.07) is 29.8. The molecule has 0 saturated carbocycles. The summed E-state index contributed by atoms with van der Waals surface area (Å²) in [5, 5.41) is 6.00. The molecule has 0 bridgehead atoms. The van der Waals surface area contributed by atoms with Gasteiger partial charge in [-0.05, 0) is 79.1 Å². The maximum Gasteiger partial charge on any atom is 0.255 e. The van der Waals surface area contributed by atoms with E-state index in [1.54, 1.807) is 24.3 Å². The summed E-state index contributed by atoms with van der Waals surface area (Å²) in [7, 11) is 0. The Kier molecular flexibility index (Phi) is 7.91. The minimum absolute atomic E-state index is 0.113. The van der Waals surface area contributed by atoms with E-state index in [4.69, 9.17) is 11.6 Å². The Hall–Kier alpha value is -3.54. The third kappa shape index (κ3) is 6.53. The summed E-state index contributed by atoms with van der Waals surface area (Å²) in [5.41, 5.74) is 5.07. The van der Waals surface area contributed by atoms with Crippen molar-refractivity contribution in [3.8, 4) is 0 Å². The van der Waals surface area contributed by atoms with Crippen LogP contribution in [0.2, 0.25) is 5.02 Å². The van der Waals surface area contributed by atoms with Crippen LogP contribution in [-0.2, 0) is 4.79 Å². The molecule has 0 saturated heterocycles. The van der Waals surface area contributed by atoms with E-state index in [1.165, 1.54) is 17.3 Å². The van der Waals surface area contributed by atoms with Crippen molar-refractivity contribution in [1.82, 2.24) is 0 Å². The smallest absolute Gasteiger partial charge is 0.255 e. The van der Waals surface area contributed by atoms with Gasteiger partial charge in [0.2, 0.25) is 5.91 Å². The Morgan fingerprint density at radius 1 is 0.743 bits per heavy atom. The Balaban J connectivity index is 1.54. The number of hydrogen-bond donors (Lipinski definition) is 2. The van der Waals surface area contributed by atoms with Crippen LogP contribution in [0, 0.1) is 13.8 Å². The zero-order valence-corrected chi connectivity index (χ0v) is 21.0. The highest BCUT2D eigenvalue weighted by Gasteiger charge is 2.22. The number of amides is 2. The van der Waals surface area contributed by atoms with Crippen LogP contribution in [0.3, 0.4) is 0 Å². The van der Waals surface area contributed by atoms with Crippen LogP contribution in [0.15, 0.2) is 102 Å². The molecule has 4 rings (SSSR count). The fourth-order valence-electron chi connectivity index (χ4n) is 3.54. The largest absolute Gasteiger partial charge is 0.325 e. The maximum atomic E-state index is 13.4. The Bertz CT molecular complexity index is 1360. The quantitative estimate of drug-likeness (QED) is 0.256. The van der Waals surface area contributed by atoms with Crippen LogP contribution in [0.25, 0.3) is 0 Å². The zero-order valence-electron chi connectivity index (χ0n) is 19.4. The number of thioether (sulfide) groups is 1. The van der Waals surface area contributed by atoms with Crippen molar-refractivity contribution in [3.05, 3.63) is 124 Å². The van der Waals surface area contributed by atoms with Gasteiger partial charge >= 0.3 is 0 Å². The van der Waals surface area contributed by atoms with E-state index in [0.717, 1.165) is 21.7 Å². The highest BCUT2D eigenvalue weighted by atomic mass is 35.5. The standard InChI is InChI=1S/C29H25ClN2O2S/c1-19-14-15-25(16-20(19)2)32-29(34)27(21-8-4-3-5-9-21)35-26-13-7-12-24(18-26)31-28(33)22-10-6-11-23(30)17-22/h3-18,27H,1-2H3,(H,31,33)(H,32,34). The number of aryl methyl sites for hydroxylation is 2. The average molecular weight is 501 g/mol. The van der Waals surface area contributed by atoms with Gasteiger partial charge in [0.25, 0.3) is 5.91 Å². The molecular weight excluding hydrogens is 476 g/mol. The van der Waals surface area contributed by atoms with Gasteiger partial charge in [0.1, 0.15) is 5.25 Å². The molecule has 0 aliphatic heterocycles. The highest BCUT2D eigenvalue weighted by Crippen LogP contribution is 2.37. The van der Waals surface area contributed by atoms with Crippen molar-refractivity contribution >= 4 is 46.6 Å². The van der Waals surface area contributed by atoms with Crippen molar-refractivity contribution in [2.45, 2.75) is 24.0 Å². The molecule has 1 atom stereocenters. The Labute approximate surface area is 214 Å². The van der Waals surface area contributed by atoms with Gasteiger partial charge < -0.3 is 10.6 Å². The summed E-state index contributed by atoms with van der Waals surface area (Å²) in [5.74, 6) is -0.362. The highest BCUT2D eigenvalue weighted by molar-refractivity contribution is 8.00. The molecule has 35 heavy (non-hydrogen) atoms. The van der Waals surface area contributed by atoms with Gasteiger partial charge in [-0.1, -0.05) is 60.1 Å². The first-order chi connectivity index (χ1) is 16.9. The summed E-state index contributed by atoms with van der Waals surface area (Å²) in [4.78, 5) is 26.9. The van der Waals surface area contributed by atoms with Gasteiger partial charge in [0.15, 0.2) is 0 Å². The average Bonchev–Trinajstić information content (AvgIpc) is 2.85. The molecular formula is C29H25ClN2O2S. The lowest BCUT2D eigenvalue weighted by atomic mass is 10.1. The van der Waals surface area contributed by atoms with Crippen LogP contribution in [-0.4, -0.2) is 11.8 Å². The van der Waals surface area contributed by atoms with Gasteiger partial charge in [-0.25, -0.2) is 0 Å². The second-order valence-corrected chi connectivity index (χ2v) is 9.80. The number of carbonyl (C=O) groups is 2. The fourth-order valence-corrected chi connectivity index (χ4v) is 4.82. The van der Waals surface area contributed by atoms with Gasteiger partial charge in [-0.3, -0.25) is 9.59 Å². The third-order valence-corrected chi connectivity index (χ3v) is 7.03. The molecule has 2 N–H and O–H groups in total. The first-order valence-electron chi connectivity index (χ1n) is 11.2. The van der Waals surface area contributed by atoms with Crippen molar-refractivity contribution in [2.24, 2.45) is 0 Å². The van der Waals surface area contributed by atoms with E-state index < -0.39 is 5.25 Å². The molecule has 1 unspecified atom stereocenters. The van der Waals surface area contributed by atoms with Crippen LogP contribution in [0.4, 0.5) is 11.4 Å². The SMILES string of the molecule is Cc1ccc(NC(=O)C(Sc2cccc(NC(=O)c3cccc(Cl)c3)c2)c2ccccc2)cc1C. The molecule has 0 radical (unpaired) electrons. The summed E-state index contributed by atoms with van der Waals surface area (Å²) < 4.78 is 0. The lowest BCUT2D eigenvalue weighted by molar-refractivity contribution is -0.115. The number of halogens is 1. The molecule has 0 aliphatic rings. The van der Waals surface area contributed by atoms with E-state index in [-0.39, 0.29) is 11.8 Å². The molecule has 0 spiro atoms. The summed E-state index contributed by atoms with van der Waals surface area (Å²) in [6.45, 7) is 4.07. The van der Waals surface area contributed by atoms with Crippen molar-refractivity contribution in [1.29, 1.82) is 0 Å². The van der Waals surface area contributed by atoms with Crippen LogP contribution < -0.4 is 10.6 Å². The zero-order chi connectivity index (χ0) is 24.8. The second kappa shape index (κ2) is 11.3. The normalized spacial score (nSPS) is 11.5. The van der Waals surface area contributed by atoms with E-state index in [1.807, 2.05) is 86.6 Å². The lowest BCUT2D eigenvalue weighted by Gasteiger charge is -2.18. The Morgan fingerprint density at radius 2 is 1.49 bits per heavy atom. The molecule has 0 aromatic heterocycles. The van der Waals surface area contributed by atoms with E-state index in [0.29, 0.717) is 16.3 Å².